The fourth-order valence-corrected chi connectivity index (χ4v) is 4.60. The summed E-state index contributed by atoms with van der Waals surface area (Å²) in [5.74, 6) is -0.659. The van der Waals surface area contributed by atoms with Crippen molar-refractivity contribution < 1.29 is 19.5 Å². The number of hydrogen-bond donors (Lipinski definition) is 2. The van der Waals surface area contributed by atoms with Gasteiger partial charge in [0.2, 0.25) is 5.91 Å². The maximum Gasteiger partial charge on any atom is 0.327 e. The molecule has 0 saturated carbocycles. The highest BCUT2D eigenvalue weighted by molar-refractivity contribution is 7.98. The average Bonchev–Trinajstić information content (AvgIpc) is 2.87. The summed E-state index contributed by atoms with van der Waals surface area (Å²) in [6, 6.07) is 25.5. The molecule has 0 radical (unpaired) electrons. The van der Waals surface area contributed by atoms with Gasteiger partial charge in [0.25, 0.3) is 0 Å². The summed E-state index contributed by atoms with van der Waals surface area (Å²) in [6.45, 7) is 2.08. The van der Waals surface area contributed by atoms with Crippen LogP contribution in [0.15, 0.2) is 84.9 Å². The number of nitrogens with one attached hydrogen (secondary N) is 1. The fraction of sp³-hybridized carbons (Fsp3) is 0.250. The van der Waals surface area contributed by atoms with Crippen LogP contribution in [0.2, 0.25) is 0 Å². The van der Waals surface area contributed by atoms with Gasteiger partial charge in [-0.15, -0.1) is 0 Å². The van der Waals surface area contributed by atoms with Crippen LogP contribution >= 0.6 is 11.8 Å². The Hall–Kier alpha value is -3.58. The van der Waals surface area contributed by atoms with Gasteiger partial charge < -0.3 is 10.4 Å². The number of urea groups is 1. The molecule has 3 aromatic carbocycles. The highest BCUT2D eigenvalue weighted by Crippen LogP contribution is 2.20. The minimum Gasteiger partial charge on any atom is -0.480 e. The van der Waals surface area contributed by atoms with E-state index in [-0.39, 0.29) is 24.6 Å². The summed E-state index contributed by atoms with van der Waals surface area (Å²) < 4.78 is 0. The van der Waals surface area contributed by atoms with Gasteiger partial charge in [-0.3, -0.25) is 9.69 Å². The van der Waals surface area contributed by atoms with E-state index in [1.807, 2.05) is 91.9 Å². The zero-order valence-corrected chi connectivity index (χ0v) is 20.5. The topological polar surface area (TPSA) is 86.7 Å². The summed E-state index contributed by atoms with van der Waals surface area (Å²) in [4.78, 5) is 38.9. The summed E-state index contributed by atoms with van der Waals surface area (Å²) in [6.07, 6.45) is 0.623. The second-order valence-electron chi connectivity index (χ2n) is 8.13. The van der Waals surface area contributed by atoms with Crippen LogP contribution in [0.3, 0.4) is 0 Å². The van der Waals surface area contributed by atoms with Gasteiger partial charge in [-0.25, -0.2) is 9.59 Å². The molecule has 0 bridgehead atoms. The van der Waals surface area contributed by atoms with E-state index in [4.69, 9.17) is 0 Å². The standard InChI is InChI=1S/C28H30N2O4S/c1-2-16-30(26(31)18-22-12-9-15-24(17-22)23-13-7-4-8-14-23)28(34)29-25(27(32)33)20-35-19-21-10-5-3-6-11-21/h3-15,17,25H,2,16,18-20H2,1H3,(H,29,34)(H,32,33)/t25-/m0/s1. The number of rotatable bonds is 11. The van der Waals surface area contributed by atoms with Gasteiger partial charge in [0, 0.05) is 18.1 Å². The number of hydrogen-bond acceptors (Lipinski definition) is 4. The zero-order chi connectivity index (χ0) is 25.0. The first-order chi connectivity index (χ1) is 17.0. The number of carboxylic acids is 1. The van der Waals surface area contributed by atoms with E-state index in [0.29, 0.717) is 12.2 Å². The number of imide groups is 1. The van der Waals surface area contributed by atoms with Gasteiger partial charge in [0.1, 0.15) is 6.04 Å². The summed E-state index contributed by atoms with van der Waals surface area (Å²) >= 11 is 1.42. The van der Waals surface area contributed by atoms with E-state index in [2.05, 4.69) is 5.32 Å². The Labute approximate surface area is 210 Å². The number of thioether (sulfide) groups is 1. The molecule has 35 heavy (non-hydrogen) atoms. The highest BCUT2D eigenvalue weighted by atomic mass is 32.2. The van der Waals surface area contributed by atoms with E-state index < -0.39 is 18.0 Å². The molecular weight excluding hydrogens is 460 g/mol. The maximum atomic E-state index is 13.1. The minimum atomic E-state index is -1.13. The van der Waals surface area contributed by atoms with Crippen LogP contribution in [0, 0.1) is 0 Å². The van der Waals surface area contributed by atoms with Crippen molar-refractivity contribution in [2.24, 2.45) is 0 Å². The van der Waals surface area contributed by atoms with E-state index in [0.717, 1.165) is 27.2 Å². The quantitative estimate of drug-likeness (QED) is 0.384. The third-order valence-electron chi connectivity index (χ3n) is 5.37. The Morgan fingerprint density at radius 2 is 1.51 bits per heavy atom. The molecule has 0 saturated heterocycles. The maximum absolute atomic E-state index is 13.1. The summed E-state index contributed by atoms with van der Waals surface area (Å²) in [5, 5.41) is 12.1. The molecule has 7 heteroatoms. The number of benzene rings is 3. The van der Waals surface area contributed by atoms with Crippen molar-refractivity contribution in [2.45, 2.75) is 31.6 Å². The Morgan fingerprint density at radius 1 is 0.886 bits per heavy atom. The van der Waals surface area contributed by atoms with Crippen LogP contribution in [0.5, 0.6) is 0 Å². The number of aliphatic carboxylic acids is 1. The monoisotopic (exact) mass is 490 g/mol. The van der Waals surface area contributed by atoms with Gasteiger partial charge in [-0.2, -0.15) is 11.8 Å². The Kier molecular flexibility index (Phi) is 9.93. The van der Waals surface area contributed by atoms with Gasteiger partial charge in [0.05, 0.1) is 6.42 Å². The van der Waals surface area contributed by atoms with Crippen LogP contribution < -0.4 is 5.32 Å². The molecule has 6 nitrogen and oxygen atoms in total. The molecule has 0 aliphatic carbocycles. The molecule has 3 aromatic rings. The molecule has 0 unspecified atom stereocenters. The second-order valence-corrected chi connectivity index (χ2v) is 9.16. The van der Waals surface area contributed by atoms with Crippen molar-refractivity contribution in [3.8, 4) is 11.1 Å². The van der Waals surface area contributed by atoms with E-state index in [9.17, 15) is 19.5 Å². The Balaban J connectivity index is 1.63. The minimum absolute atomic E-state index is 0.0502. The zero-order valence-electron chi connectivity index (χ0n) is 19.7. The van der Waals surface area contributed by atoms with Crippen molar-refractivity contribution >= 4 is 29.7 Å². The largest absolute Gasteiger partial charge is 0.480 e. The lowest BCUT2D eigenvalue weighted by molar-refractivity contribution is -0.139. The predicted molar refractivity (Wildman–Crippen MR) is 140 cm³/mol. The fourth-order valence-electron chi connectivity index (χ4n) is 3.60. The molecule has 0 aliphatic heterocycles. The average molecular weight is 491 g/mol. The molecule has 182 valence electrons. The molecular formula is C28H30N2O4S. The van der Waals surface area contributed by atoms with Crippen molar-refractivity contribution in [1.82, 2.24) is 10.2 Å². The van der Waals surface area contributed by atoms with Crippen molar-refractivity contribution in [2.75, 3.05) is 12.3 Å². The third kappa shape index (κ3) is 8.00. The normalized spacial score (nSPS) is 11.5. The predicted octanol–water partition coefficient (Wildman–Crippen LogP) is 5.23. The van der Waals surface area contributed by atoms with E-state index >= 15 is 0 Å². The second kappa shape index (κ2) is 13.3. The number of carbonyl (C=O) groups is 3. The SMILES string of the molecule is CCCN(C(=O)Cc1cccc(-c2ccccc2)c1)C(=O)N[C@@H](CSCc1ccccc1)C(=O)O. The first kappa shape index (κ1) is 26.0. The molecule has 0 heterocycles. The van der Waals surface area contributed by atoms with Crippen LogP contribution in [0.1, 0.15) is 24.5 Å². The Morgan fingerprint density at radius 3 is 2.17 bits per heavy atom. The smallest absolute Gasteiger partial charge is 0.327 e. The number of carboxylic acid groups (broad SMARTS) is 1. The molecule has 3 rings (SSSR count). The van der Waals surface area contributed by atoms with E-state index in [1.54, 1.807) is 0 Å². The van der Waals surface area contributed by atoms with Crippen LogP contribution in [-0.2, 0) is 21.8 Å². The lowest BCUT2D eigenvalue weighted by Gasteiger charge is -2.23. The summed E-state index contributed by atoms with van der Waals surface area (Å²) in [7, 11) is 0. The number of nitrogens with zero attached hydrogens (tertiary/aromatic N) is 1. The van der Waals surface area contributed by atoms with Gasteiger partial charge in [0.15, 0.2) is 0 Å². The van der Waals surface area contributed by atoms with Crippen LogP contribution in [0.4, 0.5) is 4.79 Å². The molecule has 0 aromatic heterocycles. The van der Waals surface area contributed by atoms with Gasteiger partial charge in [-0.1, -0.05) is 91.9 Å². The van der Waals surface area contributed by atoms with Crippen LogP contribution in [0.25, 0.3) is 11.1 Å². The Bertz CT molecular complexity index is 1120. The molecule has 1 atom stereocenters. The van der Waals surface area contributed by atoms with Crippen molar-refractivity contribution in [1.29, 1.82) is 0 Å². The first-order valence-corrected chi connectivity index (χ1v) is 12.7. The van der Waals surface area contributed by atoms with Gasteiger partial charge in [-0.05, 0) is 28.7 Å². The number of amides is 3. The third-order valence-corrected chi connectivity index (χ3v) is 6.48. The van der Waals surface area contributed by atoms with E-state index in [1.165, 1.54) is 11.8 Å². The van der Waals surface area contributed by atoms with Crippen molar-refractivity contribution in [3.63, 3.8) is 0 Å². The van der Waals surface area contributed by atoms with Crippen molar-refractivity contribution in [3.05, 3.63) is 96.1 Å². The molecule has 0 aliphatic rings. The van der Waals surface area contributed by atoms with Gasteiger partial charge >= 0.3 is 12.0 Å². The molecule has 3 amide bonds. The first-order valence-electron chi connectivity index (χ1n) is 11.6. The molecule has 0 spiro atoms. The lowest BCUT2D eigenvalue weighted by atomic mass is 10.0. The molecule has 0 fully saturated rings. The summed E-state index contributed by atoms with van der Waals surface area (Å²) in [5.41, 5.74) is 3.90. The highest BCUT2D eigenvalue weighted by Gasteiger charge is 2.26. The molecule has 2 N–H and O–H groups in total. The lowest BCUT2D eigenvalue weighted by Crippen LogP contribution is -2.51. The van der Waals surface area contributed by atoms with Crippen LogP contribution in [-0.4, -0.2) is 46.3 Å². The number of carbonyl (C=O) groups excluding carboxylic acids is 2.